The summed E-state index contributed by atoms with van der Waals surface area (Å²) in [7, 11) is 0. The standard InChI is InChI=1S/C7H4Br2N4O/c8-5-1-3-12(10-5)7(14)13-4-2-6(9)11-13/h1-4H. The maximum Gasteiger partial charge on any atom is 0.369 e. The number of carbonyl (C=O) groups is 1. The number of hydrogen-bond acceptors (Lipinski definition) is 3. The predicted molar refractivity (Wildman–Crippen MR) is 56.0 cm³/mol. The Bertz CT molecular complexity index is 433. The second kappa shape index (κ2) is 3.66. The molecule has 2 aromatic heterocycles. The summed E-state index contributed by atoms with van der Waals surface area (Å²) in [5, 5.41) is 7.81. The quantitative estimate of drug-likeness (QED) is 0.747. The average molecular weight is 320 g/mol. The molecule has 2 aromatic rings. The van der Waals surface area contributed by atoms with E-state index in [1.165, 1.54) is 9.36 Å². The highest BCUT2D eigenvalue weighted by Gasteiger charge is 2.09. The van der Waals surface area contributed by atoms with Gasteiger partial charge in [-0.3, -0.25) is 0 Å². The molecule has 2 heterocycles. The van der Waals surface area contributed by atoms with Gasteiger partial charge in [-0.15, -0.1) is 0 Å². The smallest absolute Gasteiger partial charge is 0.244 e. The van der Waals surface area contributed by atoms with Crippen LogP contribution in [0.1, 0.15) is 0 Å². The van der Waals surface area contributed by atoms with E-state index in [1.807, 2.05) is 0 Å². The lowest BCUT2D eigenvalue weighted by atomic mass is 10.7. The summed E-state index contributed by atoms with van der Waals surface area (Å²) in [6.45, 7) is 0. The van der Waals surface area contributed by atoms with Crippen LogP contribution in [-0.4, -0.2) is 25.6 Å². The first kappa shape index (κ1) is 9.60. The van der Waals surface area contributed by atoms with Crippen molar-refractivity contribution in [2.24, 2.45) is 0 Å². The van der Waals surface area contributed by atoms with E-state index in [1.54, 1.807) is 24.5 Å². The van der Waals surface area contributed by atoms with Crippen molar-refractivity contribution in [1.29, 1.82) is 0 Å². The number of aromatic nitrogens is 4. The van der Waals surface area contributed by atoms with E-state index in [2.05, 4.69) is 42.1 Å². The first-order valence-electron chi connectivity index (χ1n) is 3.64. The van der Waals surface area contributed by atoms with Crippen LogP contribution < -0.4 is 0 Å². The third-order valence-corrected chi connectivity index (χ3v) is 2.35. The topological polar surface area (TPSA) is 52.7 Å². The molecule has 0 N–H and O–H groups in total. The van der Waals surface area contributed by atoms with E-state index in [0.29, 0.717) is 9.21 Å². The SMILES string of the molecule is O=C(n1ccc(Br)n1)n1ccc(Br)n1. The summed E-state index contributed by atoms with van der Waals surface area (Å²) >= 11 is 6.31. The van der Waals surface area contributed by atoms with Crippen LogP contribution in [0.3, 0.4) is 0 Å². The van der Waals surface area contributed by atoms with E-state index >= 15 is 0 Å². The normalized spacial score (nSPS) is 10.4. The van der Waals surface area contributed by atoms with Gasteiger partial charge in [-0.25, -0.2) is 4.79 Å². The van der Waals surface area contributed by atoms with Crippen LogP contribution in [0, 0.1) is 0 Å². The van der Waals surface area contributed by atoms with Crippen molar-refractivity contribution in [3.63, 3.8) is 0 Å². The van der Waals surface area contributed by atoms with Crippen LogP contribution in [-0.2, 0) is 0 Å². The zero-order valence-electron chi connectivity index (χ0n) is 6.76. The van der Waals surface area contributed by atoms with Crippen LogP contribution >= 0.6 is 31.9 Å². The fourth-order valence-corrected chi connectivity index (χ4v) is 1.50. The summed E-state index contributed by atoms with van der Waals surface area (Å²) in [5.74, 6) is 0. The van der Waals surface area contributed by atoms with Crippen LogP contribution in [0.4, 0.5) is 4.79 Å². The second-order valence-corrected chi connectivity index (χ2v) is 4.07. The van der Waals surface area contributed by atoms with Crippen molar-refractivity contribution in [3.05, 3.63) is 33.7 Å². The van der Waals surface area contributed by atoms with Crippen molar-refractivity contribution in [3.8, 4) is 0 Å². The molecule has 0 saturated carbocycles. The fourth-order valence-electron chi connectivity index (χ4n) is 0.921. The molecule has 0 amide bonds. The molecule has 0 atom stereocenters. The molecule has 72 valence electrons. The Balaban J connectivity index is 2.33. The van der Waals surface area contributed by atoms with Crippen molar-refractivity contribution >= 4 is 37.9 Å². The molecule has 0 radical (unpaired) electrons. The third-order valence-electron chi connectivity index (χ3n) is 1.51. The van der Waals surface area contributed by atoms with Gasteiger partial charge in [-0.05, 0) is 44.0 Å². The summed E-state index contributed by atoms with van der Waals surface area (Å²) in [5.41, 5.74) is 0. The highest BCUT2D eigenvalue weighted by atomic mass is 79.9. The van der Waals surface area contributed by atoms with Crippen molar-refractivity contribution in [1.82, 2.24) is 19.6 Å². The van der Waals surface area contributed by atoms with Crippen LogP contribution in [0.25, 0.3) is 0 Å². The van der Waals surface area contributed by atoms with Crippen molar-refractivity contribution in [2.45, 2.75) is 0 Å². The van der Waals surface area contributed by atoms with Crippen LogP contribution in [0.15, 0.2) is 33.7 Å². The molecule has 7 heteroatoms. The Kier molecular flexibility index (Phi) is 2.51. The Morgan fingerprint density at radius 1 is 1.07 bits per heavy atom. The van der Waals surface area contributed by atoms with Gasteiger partial charge in [0.2, 0.25) is 0 Å². The molecule has 0 unspecified atom stereocenters. The van der Waals surface area contributed by atoms with E-state index in [4.69, 9.17) is 0 Å². The Labute approximate surface area is 96.0 Å². The van der Waals surface area contributed by atoms with E-state index in [0.717, 1.165) is 0 Å². The van der Waals surface area contributed by atoms with Crippen LogP contribution in [0.2, 0.25) is 0 Å². The largest absolute Gasteiger partial charge is 0.369 e. The highest BCUT2D eigenvalue weighted by molar-refractivity contribution is 9.10. The second-order valence-electron chi connectivity index (χ2n) is 2.45. The molecule has 0 spiro atoms. The van der Waals surface area contributed by atoms with Gasteiger partial charge in [0.25, 0.3) is 0 Å². The maximum atomic E-state index is 11.6. The van der Waals surface area contributed by atoms with Gasteiger partial charge < -0.3 is 0 Å². The molecule has 0 fully saturated rings. The van der Waals surface area contributed by atoms with Crippen LogP contribution in [0.5, 0.6) is 0 Å². The molecular formula is C7H4Br2N4O. The summed E-state index contributed by atoms with van der Waals surface area (Å²) in [4.78, 5) is 11.6. The third kappa shape index (κ3) is 1.78. The molecule has 0 bridgehead atoms. The van der Waals surface area contributed by atoms with Crippen molar-refractivity contribution in [2.75, 3.05) is 0 Å². The van der Waals surface area contributed by atoms with Gasteiger partial charge in [0.05, 0.1) is 0 Å². The molecule has 14 heavy (non-hydrogen) atoms. The fraction of sp³-hybridized carbons (Fsp3) is 0. The number of carbonyl (C=O) groups excluding carboxylic acids is 1. The number of rotatable bonds is 0. The first-order chi connectivity index (χ1) is 6.66. The Hall–Kier alpha value is -0.950. The minimum Gasteiger partial charge on any atom is -0.244 e. The Morgan fingerprint density at radius 2 is 1.50 bits per heavy atom. The zero-order chi connectivity index (χ0) is 10.1. The zero-order valence-corrected chi connectivity index (χ0v) is 9.93. The summed E-state index contributed by atoms with van der Waals surface area (Å²) in [6.07, 6.45) is 3.12. The molecule has 2 rings (SSSR count). The first-order valence-corrected chi connectivity index (χ1v) is 5.22. The van der Waals surface area contributed by atoms with Gasteiger partial charge in [-0.2, -0.15) is 19.6 Å². The lowest BCUT2D eigenvalue weighted by molar-refractivity contribution is 0.238. The van der Waals surface area contributed by atoms with Gasteiger partial charge in [0, 0.05) is 12.4 Å². The van der Waals surface area contributed by atoms with Gasteiger partial charge in [-0.1, -0.05) is 0 Å². The van der Waals surface area contributed by atoms with E-state index < -0.39 is 0 Å². The van der Waals surface area contributed by atoms with Gasteiger partial charge >= 0.3 is 6.03 Å². The van der Waals surface area contributed by atoms with Crippen molar-refractivity contribution < 1.29 is 4.79 Å². The number of halogens is 2. The number of hydrogen-bond donors (Lipinski definition) is 0. The minimum atomic E-state index is -0.332. The maximum absolute atomic E-state index is 11.6. The molecule has 0 aliphatic carbocycles. The molecule has 0 aliphatic heterocycles. The van der Waals surface area contributed by atoms with E-state index in [9.17, 15) is 4.79 Å². The lowest BCUT2D eigenvalue weighted by Gasteiger charge is -1.97. The van der Waals surface area contributed by atoms with E-state index in [-0.39, 0.29) is 6.03 Å². The number of nitrogens with zero attached hydrogens (tertiary/aromatic N) is 4. The summed E-state index contributed by atoms with van der Waals surface area (Å²) in [6, 6.07) is 3.02. The molecular weight excluding hydrogens is 316 g/mol. The Morgan fingerprint density at radius 3 is 1.79 bits per heavy atom. The minimum absolute atomic E-state index is 0.332. The molecule has 0 aromatic carbocycles. The molecule has 0 saturated heterocycles. The molecule has 5 nitrogen and oxygen atoms in total. The summed E-state index contributed by atoms with van der Waals surface area (Å²) < 4.78 is 3.61. The highest BCUT2D eigenvalue weighted by Crippen LogP contribution is 2.07. The average Bonchev–Trinajstić information content (AvgIpc) is 2.73. The molecule has 0 aliphatic rings. The predicted octanol–water partition coefficient (Wildman–Crippen LogP) is 2.12. The monoisotopic (exact) mass is 318 g/mol. The van der Waals surface area contributed by atoms with Gasteiger partial charge in [0.15, 0.2) is 0 Å². The van der Waals surface area contributed by atoms with Gasteiger partial charge in [0.1, 0.15) is 9.21 Å². The lowest BCUT2D eigenvalue weighted by Crippen LogP contribution is -2.20.